The number of sulfonamides is 1. The third kappa shape index (κ3) is 6.86. The van der Waals surface area contributed by atoms with Crippen LogP contribution in [-0.4, -0.2) is 33.4 Å². The first-order valence-corrected chi connectivity index (χ1v) is 14.3. The summed E-state index contributed by atoms with van der Waals surface area (Å²) in [6.07, 6.45) is 0. The Balaban J connectivity index is 1.57. The summed E-state index contributed by atoms with van der Waals surface area (Å²) in [4.78, 5) is 26.5. The van der Waals surface area contributed by atoms with E-state index in [1.165, 1.54) is 12.1 Å². The van der Waals surface area contributed by atoms with Gasteiger partial charge in [0.25, 0.3) is 15.9 Å². The van der Waals surface area contributed by atoms with Crippen LogP contribution < -0.4 is 19.7 Å². The second-order valence-corrected chi connectivity index (χ2v) is 10.8. The second-order valence-electron chi connectivity index (χ2n) is 8.95. The molecule has 0 fully saturated rings. The van der Waals surface area contributed by atoms with Crippen molar-refractivity contribution in [2.45, 2.75) is 24.8 Å². The van der Waals surface area contributed by atoms with Crippen molar-refractivity contribution in [1.82, 2.24) is 5.32 Å². The van der Waals surface area contributed by atoms with Gasteiger partial charge in [-0.05, 0) is 67.9 Å². The Bertz CT molecular complexity index is 1540. The smallest absolute Gasteiger partial charge is 0.264 e. The largest absolute Gasteiger partial charge is 0.494 e. The van der Waals surface area contributed by atoms with E-state index in [9.17, 15) is 18.0 Å². The average Bonchev–Trinajstić information content (AvgIpc) is 2.97. The summed E-state index contributed by atoms with van der Waals surface area (Å²) in [5.74, 6) is -0.394. The molecule has 8 nitrogen and oxygen atoms in total. The van der Waals surface area contributed by atoms with Crippen molar-refractivity contribution in [3.63, 3.8) is 0 Å². The van der Waals surface area contributed by atoms with Gasteiger partial charge in [-0.25, -0.2) is 8.42 Å². The van der Waals surface area contributed by atoms with Crippen LogP contribution >= 0.6 is 0 Å². The molecule has 9 heteroatoms. The Kier molecular flexibility index (Phi) is 9.19. The molecule has 40 heavy (non-hydrogen) atoms. The lowest BCUT2D eigenvalue weighted by Gasteiger charge is -2.24. The summed E-state index contributed by atoms with van der Waals surface area (Å²) in [7, 11) is -4.09. The molecular weight excluding hydrogens is 526 g/mol. The Morgan fingerprint density at radius 3 is 2.08 bits per heavy atom. The molecular formula is C31H31N3O5S. The van der Waals surface area contributed by atoms with Crippen LogP contribution in [0.15, 0.2) is 114 Å². The molecule has 2 N–H and O–H groups in total. The van der Waals surface area contributed by atoms with Gasteiger partial charge >= 0.3 is 0 Å². The molecule has 0 bridgehead atoms. The van der Waals surface area contributed by atoms with Crippen molar-refractivity contribution >= 4 is 33.2 Å². The number of rotatable bonds is 11. The van der Waals surface area contributed by atoms with Crippen LogP contribution in [0.2, 0.25) is 0 Å². The highest BCUT2D eigenvalue weighted by atomic mass is 32.2. The van der Waals surface area contributed by atoms with Crippen LogP contribution in [0.1, 0.15) is 35.8 Å². The summed E-state index contributed by atoms with van der Waals surface area (Å²) in [6, 6.07) is 30.2. The van der Waals surface area contributed by atoms with Crippen molar-refractivity contribution in [2.75, 3.05) is 22.8 Å². The van der Waals surface area contributed by atoms with E-state index >= 15 is 0 Å². The molecule has 0 unspecified atom stereocenters. The number of hydrogen-bond acceptors (Lipinski definition) is 5. The van der Waals surface area contributed by atoms with Crippen LogP contribution in [0.5, 0.6) is 5.75 Å². The molecule has 206 valence electrons. The SMILES string of the molecule is CCOc1ccc(N(CC(=O)Nc2ccccc2C(=O)N[C@H](C)c2ccccc2)S(=O)(=O)c2ccccc2)cc1. The van der Waals surface area contributed by atoms with Crippen molar-refractivity contribution in [1.29, 1.82) is 0 Å². The van der Waals surface area contributed by atoms with Crippen molar-refractivity contribution in [3.05, 3.63) is 120 Å². The normalized spacial score (nSPS) is 11.8. The van der Waals surface area contributed by atoms with Gasteiger partial charge in [0.15, 0.2) is 0 Å². The highest BCUT2D eigenvalue weighted by molar-refractivity contribution is 7.92. The lowest BCUT2D eigenvalue weighted by Crippen LogP contribution is -2.38. The number of anilines is 2. The van der Waals surface area contributed by atoms with E-state index in [2.05, 4.69) is 10.6 Å². The summed E-state index contributed by atoms with van der Waals surface area (Å²) in [6.45, 7) is 3.68. The zero-order valence-corrected chi connectivity index (χ0v) is 23.1. The molecule has 1 atom stereocenters. The van der Waals surface area contributed by atoms with E-state index in [1.54, 1.807) is 66.7 Å². The number of nitrogens with one attached hydrogen (secondary N) is 2. The molecule has 4 aromatic carbocycles. The number of carbonyl (C=O) groups excluding carboxylic acids is 2. The fourth-order valence-electron chi connectivity index (χ4n) is 4.12. The molecule has 0 aliphatic heterocycles. The number of nitrogens with zero attached hydrogens (tertiary/aromatic N) is 1. The maximum Gasteiger partial charge on any atom is 0.264 e. The first-order chi connectivity index (χ1) is 19.3. The van der Waals surface area contributed by atoms with Gasteiger partial charge in [0.2, 0.25) is 5.91 Å². The molecule has 4 aromatic rings. The highest BCUT2D eigenvalue weighted by Gasteiger charge is 2.28. The quantitative estimate of drug-likeness (QED) is 0.257. The fourth-order valence-corrected chi connectivity index (χ4v) is 5.56. The third-order valence-corrected chi connectivity index (χ3v) is 7.94. The van der Waals surface area contributed by atoms with Gasteiger partial charge in [-0.1, -0.05) is 60.7 Å². The number of carbonyl (C=O) groups is 2. The monoisotopic (exact) mass is 557 g/mol. The predicted molar refractivity (Wildman–Crippen MR) is 156 cm³/mol. The van der Waals surface area contributed by atoms with Gasteiger partial charge in [0.1, 0.15) is 12.3 Å². The maximum absolute atomic E-state index is 13.6. The maximum atomic E-state index is 13.6. The van der Waals surface area contributed by atoms with Crippen LogP contribution in [0.25, 0.3) is 0 Å². The third-order valence-electron chi connectivity index (χ3n) is 6.15. The summed E-state index contributed by atoms with van der Waals surface area (Å²) in [5, 5.41) is 5.68. The summed E-state index contributed by atoms with van der Waals surface area (Å²) >= 11 is 0. The first-order valence-electron chi connectivity index (χ1n) is 12.8. The molecule has 2 amide bonds. The highest BCUT2D eigenvalue weighted by Crippen LogP contribution is 2.26. The topological polar surface area (TPSA) is 105 Å². The van der Waals surface area contributed by atoms with Gasteiger partial charge < -0.3 is 15.4 Å². The number of ether oxygens (including phenoxy) is 1. The van der Waals surface area contributed by atoms with Gasteiger partial charge in [-0.15, -0.1) is 0 Å². The zero-order valence-electron chi connectivity index (χ0n) is 22.3. The van der Waals surface area contributed by atoms with E-state index in [1.807, 2.05) is 44.2 Å². The average molecular weight is 558 g/mol. The minimum Gasteiger partial charge on any atom is -0.494 e. The second kappa shape index (κ2) is 12.9. The molecule has 0 heterocycles. The zero-order chi connectivity index (χ0) is 28.5. The molecule has 0 aliphatic rings. The van der Waals surface area contributed by atoms with E-state index in [-0.39, 0.29) is 28.1 Å². The molecule has 0 saturated carbocycles. The van der Waals surface area contributed by atoms with Gasteiger partial charge in [-0.3, -0.25) is 13.9 Å². The minimum atomic E-state index is -4.09. The van der Waals surface area contributed by atoms with E-state index < -0.39 is 22.5 Å². The molecule has 0 radical (unpaired) electrons. The van der Waals surface area contributed by atoms with E-state index in [0.29, 0.717) is 18.0 Å². The van der Waals surface area contributed by atoms with Gasteiger partial charge in [0.05, 0.1) is 34.5 Å². The lowest BCUT2D eigenvalue weighted by molar-refractivity contribution is -0.114. The lowest BCUT2D eigenvalue weighted by atomic mass is 10.1. The number of para-hydroxylation sites is 1. The van der Waals surface area contributed by atoms with Gasteiger partial charge in [0, 0.05) is 0 Å². The summed E-state index contributed by atoms with van der Waals surface area (Å²) < 4.78 is 33.7. The Hall–Kier alpha value is -4.63. The Labute approximate surface area is 234 Å². The van der Waals surface area contributed by atoms with E-state index in [4.69, 9.17) is 4.74 Å². The van der Waals surface area contributed by atoms with Gasteiger partial charge in [-0.2, -0.15) is 0 Å². The Morgan fingerprint density at radius 1 is 0.825 bits per heavy atom. The minimum absolute atomic E-state index is 0.0476. The van der Waals surface area contributed by atoms with Crippen LogP contribution in [0.3, 0.4) is 0 Å². The fraction of sp³-hybridized carbons (Fsp3) is 0.161. The molecule has 0 aliphatic carbocycles. The Morgan fingerprint density at radius 2 is 1.43 bits per heavy atom. The number of hydrogen-bond donors (Lipinski definition) is 2. The molecule has 0 aromatic heterocycles. The molecule has 0 saturated heterocycles. The molecule has 0 spiro atoms. The van der Waals surface area contributed by atoms with Crippen LogP contribution in [0.4, 0.5) is 11.4 Å². The summed E-state index contributed by atoms with van der Waals surface area (Å²) in [5.41, 5.74) is 1.77. The first kappa shape index (κ1) is 28.4. The number of amides is 2. The predicted octanol–water partition coefficient (Wildman–Crippen LogP) is 5.41. The van der Waals surface area contributed by atoms with E-state index in [0.717, 1.165) is 9.87 Å². The van der Waals surface area contributed by atoms with Crippen LogP contribution in [0, 0.1) is 0 Å². The van der Waals surface area contributed by atoms with Crippen molar-refractivity contribution in [3.8, 4) is 5.75 Å². The van der Waals surface area contributed by atoms with Crippen LogP contribution in [-0.2, 0) is 14.8 Å². The standard InChI is InChI=1S/C31H31N3O5S/c1-3-39-26-20-18-25(19-21-26)34(40(37,38)27-14-8-5-9-15-27)22-30(35)33-29-17-11-10-16-28(29)31(36)32-23(2)24-12-6-4-7-13-24/h4-21,23H,3,22H2,1-2H3,(H,32,36)(H,33,35)/t23-/m1/s1. The number of benzene rings is 4. The molecule has 4 rings (SSSR count). The van der Waals surface area contributed by atoms with Crippen molar-refractivity contribution < 1.29 is 22.7 Å². The van der Waals surface area contributed by atoms with Crippen molar-refractivity contribution in [2.24, 2.45) is 0 Å².